The number of benzene rings is 1. The molecule has 1 aliphatic rings. The van der Waals surface area contributed by atoms with Gasteiger partial charge in [-0.05, 0) is 18.2 Å². The van der Waals surface area contributed by atoms with Gasteiger partial charge in [0.25, 0.3) is 5.91 Å². The van der Waals surface area contributed by atoms with Gasteiger partial charge in [-0.25, -0.2) is 0 Å². The Balaban J connectivity index is 2.10. The van der Waals surface area contributed by atoms with Gasteiger partial charge in [-0.2, -0.15) is 0 Å². The zero-order chi connectivity index (χ0) is 12.3. The van der Waals surface area contributed by atoms with Crippen molar-refractivity contribution in [2.75, 3.05) is 18.9 Å². The highest BCUT2D eigenvalue weighted by Crippen LogP contribution is 2.22. The van der Waals surface area contributed by atoms with Crippen molar-refractivity contribution < 1.29 is 14.3 Å². The molecule has 1 aromatic carbocycles. The van der Waals surface area contributed by atoms with Crippen molar-refractivity contribution in [3.8, 4) is 5.75 Å². The molecule has 0 spiro atoms. The minimum Gasteiger partial charge on any atom is -0.490 e. The molecule has 17 heavy (non-hydrogen) atoms. The van der Waals surface area contributed by atoms with Crippen molar-refractivity contribution in [3.05, 3.63) is 23.8 Å². The first-order valence-electron chi connectivity index (χ1n) is 5.60. The summed E-state index contributed by atoms with van der Waals surface area (Å²) >= 11 is 0. The van der Waals surface area contributed by atoms with Crippen LogP contribution in [0.2, 0.25) is 0 Å². The molecule has 4 N–H and O–H groups in total. The van der Waals surface area contributed by atoms with E-state index in [-0.39, 0.29) is 6.10 Å². The van der Waals surface area contributed by atoms with Gasteiger partial charge in [-0.3, -0.25) is 4.79 Å². The van der Waals surface area contributed by atoms with Crippen molar-refractivity contribution in [3.63, 3.8) is 0 Å². The molecule has 0 radical (unpaired) electrons. The van der Waals surface area contributed by atoms with Crippen LogP contribution in [-0.2, 0) is 4.74 Å². The third-order valence-electron chi connectivity index (χ3n) is 2.76. The number of amides is 1. The third-order valence-corrected chi connectivity index (χ3v) is 2.76. The highest BCUT2D eigenvalue weighted by Gasteiger charge is 2.16. The number of anilines is 1. The number of primary amides is 1. The predicted molar refractivity (Wildman–Crippen MR) is 63.8 cm³/mol. The highest BCUT2D eigenvalue weighted by atomic mass is 16.5. The van der Waals surface area contributed by atoms with Crippen LogP contribution in [0.25, 0.3) is 0 Å². The SMILES string of the molecule is NC(=O)c1cc(OC2CCOCC2)ccc1N. The molecular weight excluding hydrogens is 220 g/mol. The van der Waals surface area contributed by atoms with E-state index in [1.807, 2.05) is 0 Å². The normalized spacial score (nSPS) is 16.7. The van der Waals surface area contributed by atoms with Gasteiger partial charge in [-0.1, -0.05) is 0 Å². The second kappa shape index (κ2) is 5.05. The van der Waals surface area contributed by atoms with E-state index in [1.54, 1.807) is 18.2 Å². The predicted octanol–water partition coefficient (Wildman–Crippen LogP) is 0.925. The molecule has 0 aliphatic carbocycles. The van der Waals surface area contributed by atoms with Crippen molar-refractivity contribution >= 4 is 11.6 Å². The monoisotopic (exact) mass is 236 g/mol. The zero-order valence-electron chi connectivity index (χ0n) is 9.52. The molecule has 1 saturated heterocycles. The Morgan fingerprint density at radius 2 is 2.06 bits per heavy atom. The average molecular weight is 236 g/mol. The van der Waals surface area contributed by atoms with Crippen LogP contribution in [-0.4, -0.2) is 25.2 Å². The Morgan fingerprint density at radius 1 is 1.35 bits per heavy atom. The summed E-state index contributed by atoms with van der Waals surface area (Å²) in [6.45, 7) is 1.42. The van der Waals surface area contributed by atoms with Crippen LogP contribution in [0.5, 0.6) is 5.75 Å². The smallest absolute Gasteiger partial charge is 0.250 e. The maximum absolute atomic E-state index is 11.1. The van der Waals surface area contributed by atoms with Crippen molar-refractivity contribution in [1.29, 1.82) is 0 Å². The van der Waals surface area contributed by atoms with Crippen LogP contribution in [0.15, 0.2) is 18.2 Å². The fraction of sp³-hybridized carbons (Fsp3) is 0.417. The van der Waals surface area contributed by atoms with Gasteiger partial charge < -0.3 is 20.9 Å². The summed E-state index contributed by atoms with van der Waals surface area (Å²) in [4.78, 5) is 11.1. The lowest BCUT2D eigenvalue weighted by Crippen LogP contribution is -2.26. The summed E-state index contributed by atoms with van der Waals surface area (Å²) in [5.74, 6) is 0.0832. The largest absolute Gasteiger partial charge is 0.490 e. The lowest BCUT2D eigenvalue weighted by atomic mass is 10.1. The molecule has 0 unspecified atom stereocenters. The molecule has 92 valence electrons. The summed E-state index contributed by atoms with van der Waals surface area (Å²) in [7, 11) is 0. The first-order chi connectivity index (χ1) is 8.16. The molecule has 2 rings (SSSR count). The second-order valence-electron chi connectivity index (χ2n) is 4.04. The van der Waals surface area contributed by atoms with E-state index in [4.69, 9.17) is 20.9 Å². The van der Waals surface area contributed by atoms with Crippen LogP contribution in [0.1, 0.15) is 23.2 Å². The molecule has 5 nitrogen and oxygen atoms in total. The lowest BCUT2D eigenvalue weighted by Gasteiger charge is -2.23. The van der Waals surface area contributed by atoms with E-state index in [0.717, 1.165) is 12.8 Å². The molecule has 1 heterocycles. The van der Waals surface area contributed by atoms with E-state index in [0.29, 0.717) is 30.2 Å². The first kappa shape index (κ1) is 11.7. The van der Waals surface area contributed by atoms with E-state index >= 15 is 0 Å². The number of nitrogens with two attached hydrogens (primary N) is 2. The van der Waals surface area contributed by atoms with Gasteiger partial charge in [0.15, 0.2) is 0 Å². The number of hydrogen-bond donors (Lipinski definition) is 2. The van der Waals surface area contributed by atoms with Gasteiger partial charge in [0, 0.05) is 18.5 Å². The number of nitrogen functional groups attached to an aromatic ring is 1. The molecule has 0 aromatic heterocycles. The molecule has 0 saturated carbocycles. The Labute approximate surface area is 99.7 Å². The third kappa shape index (κ3) is 2.88. The van der Waals surface area contributed by atoms with Crippen LogP contribution in [0.4, 0.5) is 5.69 Å². The number of carbonyl (C=O) groups excluding carboxylic acids is 1. The average Bonchev–Trinajstić information content (AvgIpc) is 2.32. The summed E-state index contributed by atoms with van der Waals surface area (Å²) in [6, 6.07) is 4.97. The molecular formula is C12H16N2O3. The standard InChI is InChI=1S/C12H16N2O3/c13-11-2-1-9(7-10(11)12(14)15)17-8-3-5-16-6-4-8/h1-2,7-8H,3-6,13H2,(H2,14,15). The number of ether oxygens (including phenoxy) is 2. The summed E-state index contributed by atoms with van der Waals surface area (Å²) in [5, 5.41) is 0. The number of hydrogen-bond acceptors (Lipinski definition) is 4. The highest BCUT2D eigenvalue weighted by molar-refractivity contribution is 5.98. The molecule has 1 aliphatic heterocycles. The zero-order valence-corrected chi connectivity index (χ0v) is 9.52. The van der Waals surface area contributed by atoms with Gasteiger partial charge in [-0.15, -0.1) is 0 Å². The van der Waals surface area contributed by atoms with E-state index in [9.17, 15) is 4.79 Å². The van der Waals surface area contributed by atoms with Crippen molar-refractivity contribution in [2.45, 2.75) is 18.9 Å². The number of rotatable bonds is 3. The Kier molecular flexibility index (Phi) is 3.49. The molecule has 0 bridgehead atoms. The van der Waals surface area contributed by atoms with E-state index in [1.165, 1.54) is 0 Å². The number of carbonyl (C=O) groups is 1. The van der Waals surface area contributed by atoms with Gasteiger partial charge in [0.1, 0.15) is 11.9 Å². The summed E-state index contributed by atoms with van der Waals surface area (Å²) in [6.07, 6.45) is 1.85. The van der Waals surface area contributed by atoms with Gasteiger partial charge in [0.05, 0.1) is 18.8 Å². The Hall–Kier alpha value is -1.75. The van der Waals surface area contributed by atoms with Gasteiger partial charge >= 0.3 is 0 Å². The second-order valence-corrected chi connectivity index (χ2v) is 4.04. The maximum atomic E-state index is 11.1. The molecule has 5 heteroatoms. The summed E-state index contributed by atoms with van der Waals surface area (Å²) in [5.41, 5.74) is 11.5. The Bertz CT molecular complexity index is 414. The van der Waals surface area contributed by atoms with Gasteiger partial charge in [0.2, 0.25) is 0 Å². The minimum atomic E-state index is -0.542. The summed E-state index contributed by atoms with van der Waals surface area (Å²) < 4.78 is 11.0. The minimum absolute atomic E-state index is 0.133. The van der Waals surface area contributed by atoms with Crippen molar-refractivity contribution in [2.24, 2.45) is 5.73 Å². The fourth-order valence-electron chi connectivity index (χ4n) is 1.81. The van der Waals surface area contributed by atoms with Crippen molar-refractivity contribution in [1.82, 2.24) is 0 Å². The molecule has 0 atom stereocenters. The van der Waals surface area contributed by atoms with Crippen LogP contribution >= 0.6 is 0 Å². The molecule has 1 fully saturated rings. The molecule has 1 amide bonds. The fourth-order valence-corrected chi connectivity index (χ4v) is 1.81. The quantitative estimate of drug-likeness (QED) is 0.764. The lowest BCUT2D eigenvalue weighted by molar-refractivity contribution is 0.0255. The topological polar surface area (TPSA) is 87.6 Å². The van der Waals surface area contributed by atoms with Crippen LogP contribution in [0, 0.1) is 0 Å². The Morgan fingerprint density at radius 3 is 2.71 bits per heavy atom. The van der Waals surface area contributed by atoms with Crippen LogP contribution < -0.4 is 16.2 Å². The van der Waals surface area contributed by atoms with Crippen LogP contribution in [0.3, 0.4) is 0 Å². The molecule has 1 aromatic rings. The van der Waals surface area contributed by atoms with E-state index in [2.05, 4.69) is 0 Å². The first-order valence-corrected chi connectivity index (χ1v) is 5.60. The van der Waals surface area contributed by atoms with E-state index < -0.39 is 5.91 Å². The maximum Gasteiger partial charge on any atom is 0.250 e.